The van der Waals surface area contributed by atoms with Gasteiger partial charge in [0.2, 0.25) is 0 Å². The number of benzene rings is 2. The zero-order chi connectivity index (χ0) is 19.0. The molecule has 0 fully saturated rings. The van der Waals surface area contributed by atoms with Crippen LogP contribution in [0.4, 0.5) is 15.8 Å². The molecular formula is C21H18FN3O2. The van der Waals surface area contributed by atoms with Gasteiger partial charge in [-0.05, 0) is 67.1 Å². The van der Waals surface area contributed by atoms with E-state index in [9.17, 15) is 9.18 Å². The second-order valence-electron chi connectivity index (χ2n) is 6.32. The van der Waals surface area contributed by atoms with Gasteiger partial charge in [-0.25, -0.2) is 4.39 Å². The van der Waals surface area contributed by atoms with Crippen LogP contribution in [0.5, 0.6) is 5.75 Å². The topological polar surface area (TPSA) is 54.5 Å². The van der Waals surface area contributed by atoms with Gasteiger partial charge in [0, 0.05) is 17.6 Å². The lowest BCUT2D eigenvalue weighted by Gasteiger charge is -2.27. The fraction of sp³-hybridized carbons (Fsp3) is 0.143. The Balaban J connectivity index is 1.77. The summed E-state index contributed by atoms with van der Waals surface area (Å²) in [4.78, 5) is 19.1. The number of pyridine rings is 1. The van der Waals surface area contributed by atoms with Crippen molar-refractivity contribution in [1.29, 1.82) is 0 Å². The van der Waals surface area contributed by atoms with Crippen LogP contribution in [0.15, 0.2) is 60.8 Å². The van der Waals surface area contributed by atoms with Gasteiger partial charge in [0.1, 0.15) is 11.6 Å². The van der Waals surface area contributed by atoms with E-state index in [1.807, 2.05) is 19.1 Å². The van der Waals surface area contributed by atoms with Gasteiger partial charge in [0.25, 0.3) is 5.91 Å². The molecule has 27 heavy (non-hydrogen) atoms. The highest BCUT2D eigenvalue weighted by atomic mass is 19.1. The average Bonchev–Trinajstić information content (AvgIpc) is 2.96. The predicted molar refractivity (Wildman–Crippen MR) is 102 cm³/mol. The summed E-state index contributed by atoms with van der Waals surface area (Å²) in [7, 11) is 1.59. The molecule has 2 aromatic carbocycles. The number of nitrogens with zero attached hydrogens (tertiary/aromatic N) is 2. The Morgan fingerprint density at radius 2 is 1.93 bits per heavy atom. The van der Waals surface area contributed by atoms with E-state index < -0.39 is 6.17 Å². The molecule has 2 heterocycles. The molecule has 0 radical (unpaired) electrons. The van der Waals surface area contributed by atoms with Crippen molar-refractivity contribution in [2.75, 3.05) is 17.3 Å². The summed E-state index contributed by atoms with van der Waals surface area (Å²) in [5.41, 5.74) is 3.40. The highest BCUT2D eigenvalue weighted by Gasteiger charge is 2.39. The lowest BCUT2D eigenvalue weighted by Crippen LogP contribution is -2.32. The molecule has 4 rings (SSSR count). The summed E-state index contributed by atoms with van der Waals surface area (Å²) in [6, 6.07) is 15.3. The van der Waals surface area contributed by atoms with Gasteiger partial charge in [-0.3, -0.25) is 14.7 Å². The van der Waals surface area contributed by atoms with E-state index in [4.69, 9.17) is 4.74 Å². The van der Waals surface area contributed by atoms with Gasteiger partial charge in [0.15, 0.2) is 6.17 Å². The summed E-state index contributed by atoms with van der Waals surface area (Å²) < 4.78 is 18.7. The van der Waals surface area contributed by atoms with E-state index in [1.165, 1.54) is 12.1 Å². The largest absolute Gasteiger partial charge is 0.497 e. The van der Waals surface area contributed by atoms with E-state index in [0.29, 0.717) is 17.0 Å². The number of anilines is 2. The van der Waals surface area contributed by atoms with E-state index in [2.05, 4.69) is 10.3 Å². The number of aromatic nitrogens is 1. The van der Waals surface area contributed by atoms with Crippen LogP contribution in [0.1, 0.15) is 27.8 Å². The number of aryl methyl sites for hydroxylation is 1. The van der Waals surface area contributed by atoms with E-state index >= 15 is 0 Å². The SMILES string of the molecule is COc1ccc(N2C(=O)c3cccnc3[C@H]2Nc2ccc(F)cc2C)cc1. The molecule has 1 aliphatic rings. The highest BCUT2D eigenvalue weighted by molar-refractivity contribution is 6.11. The van der Waals surface area contributed by atoms with E-state index in [0.717, 1.165) is 16.9 Å². The molecule has 5 nitrogen and oxygen atoms in total. The third kappa shape index (κ3) is 2.99. The molecule has 6 heteroatoms. The summed E-state index contributed by atoms with van der Waals surface area (Å²) in [6.45, 7) is 1.82. The van der Waals surface area contributed by atoms with E-state index in [1.54, 1.807) is 48.5 Å². The number of methoxy groups -OCH3 is 1. The Labute approximate surface area is 156 Å². The van der Waals surface area contributed by atoms with Crippen molar-refractivity contribution >= 4 is 17.3 Å². The molecule has 1 N–H and O–H groups in total. The number of hydrogen-bond acceptors (Lipinski definition) is 4. The lowest BCUT2D eigenvalue weighted by molar-refractivity contribution is 0.0993. The molecular weight excluding hydrogens is 345 g/mol. The van der Waals surface area contributed by atoms with Crippen LogP contribution >= 0.6 is 0 Å². The number of carbonyl (C=O) groups excluding carboxylic acids is 1. The minimum absolute atomic E-state index is 0.138. The minimum atomic E-state index is -0.494. The van der Waals surface area contributed by atoms with Crippen LogP contribution in [0.25, 0.3) is 0 Å². The number of halogens is 1. The van der Waals surface area contributed by atoms with Crippen molar-refractivity contribution in [3.63, 3.8) is 0 Å². The zero-order valence-corrected chi connectivity index (χ0v) is 14.9. The quantitative estimate of drug-likeness (QED) is 0.751. The first-order valence-electron chi connectivity index (χ1n) is 8.53. The van der Waals surface area contributed by atoms with Crippen molar-refractivity contribution in [1.82, 2.24) is 4.98 Å². The molecule has 0 saturated heterocycles. The van der Waals surface area contributed by atoms with Crippen molar-refractivity contribution in [2.45, 2.75) is 13.1 Å². The maximum atomic E-state index is 13.5. The molecule has 0 spiro atoms. The summed E-state index contributed by atoms with van der Waals surface area (Å²) in [5.74, 6) is 0.270. The molecule has 136 valence electrons. The lowest BCUT2D eigenvalue weighted by atomic mass is 10.1. The Bertz CT molecular complexity index is 1000. The number of rotatable bonds is 4. The number of nitrogens with one attached hydrogen (secondary N) is 1. The first-order valence-corrected chi connectivity index (χ1v) is 8.53. The van der Waals surface area contributed by atoms with Gasteiger partial charge in [-0.2, -0.15) is 0 Å². The standard InChI is InChI=1S/C21H18FN3O2/c1-13-12-14(22)5-10-18(13)24-20-19-17(4-3-11-23-19)21(26)25(20)15-6-8-16(27-2)9-7-15/h3-12,20,24H,1-2H3/t20-/m0/s1. The van der Waals surface area contributed by atoms with Crippen LogP contribution < -0.4 is 15.0 Å². The van der Waals surface area contributed by atoms with Gasteiger partial charge >= 0.3 is 0 Å². The molecule has 0 bridgehead atoms. The maximum Gasteiger partial charge on any atom is 0.262 e. The van der Waals surface area contributed by atoms with Gasteiger partial charge in [-0.1, -0.05) is 0 Å². The third-order valence-corrected chi connectivity index (χ3v) is 4.64. The summed E-state index contributed by atoms with van der Waals surface area (Å²) in [5, 5.41) is 3.34. The number of amides is 1. The first kappa shape index (κ1) is 17.0. The predicted octanol–water partition coefficient (Wildman–Crippen LogP) is 4.31. The maximum absolute atomic E-state index is 13.5. The van der Waals surface area contributed by atoms with Gasteiger partial charge in [0.05, 0.1) is 18.4 Å². The Morgan fingerprint density at radius 1 is 1.15 bits per heavy atom. The number of hydrogen-bond donors (Lipinski definition) is 1. The number of carbonyl (C=O) groups is 1. The van der Waals surface area contributed by atoms with Crippen molar-refractivity contribution < 1.29 is 13.9 Å². The fourth-order valence-corrected chi connectivity index (χ4v) is 3.26. The highest BCUT2D eigenvalue weighted by Crippen LogP contribution is 2.37. The molecule has 0 aliphatic carbocycles. The number of fused-ring (bicyclic) bond motifs is 1. The molecule has 3 aromatic rings. The van der Waals surface area contributed by atoms with Crippen molar-refractivity contribution in [3.05, 3.63) is 83.4 Å². The molecule has 1 aliphatic heterocycles. The monoisotopic (exact) mass is 363 g/mol. The molecule has 0 saturated carbocycles. The van der Waals surface area contributed by atoms with Crippen molar-refractivity contribution in [2.24, 2.45) is 0 Å². The van der Waals surface area contributed by atoms with Crippen LogP contribution in [-0.4, -0.2) is 18.0 Å². The Hall–Kier alpha value is -3.41. The van der Waals surface area contributed by atoms with Crippen LogP contribution in [-0.2, 0) is 0 Å². The molecule has 1 amide bonds. The van der Waals surface area contributed by atoms with Gasteiger partial charge < -0.3 is 10.1 Å². The Morgan fingerprint density at radius 3 is 2.63 bits per heavy atom. The smallest absolute Gasteiger partial charge is 0.262 e. The molecule has 1 aromatic heterocycles. The normalized spacial score (nSPS) is 15.6. The third-order valence-electron chi connectivity index (χ3n) is 4.64. The second-order valence-corrected chi connectivity index (χ2v) is 6.32. The number of ether oxygens (including phenoxy) is 1. The van der Waals surface area contributed by atoms with Crippen LogP contribution in [0.2, 0.25) is 0 Å². The average molecular weight is 363 g/mol. The summed E-state index contributed by atoms with van der Waals surface area (Å²) in [6.07, 6.45) is 1.17. The summed E-state index contributed by atoms with van der Waals surface area (Å²) >= 11 is 0. The van der Waals surface area contributed by atoms with E-state index in [-0.39, 0.29) is 11.7 Å². The Kier molecular flexibility index (Phi) is 4.24. The molecule has 1 atom stereocenters. The zero-order valence-electron chi connectivity index (χ0n) is 14.9. The fourth-order valence-electron chi connectivity index (χ4n) is 3.26. The van der Waals surface area contributed by atoms with Crippen LogP contribution in [0, 0.1) is 12.7 Å². The first-order chi connectivity index (χ1) is 13.1. The van der Waals surface area contributed by atoms with Gasteiger partial charge in [-0.15, -0.1) is 0 Å². The minimum Gasteiger partial charge on any atom is -0.497 e. The second kappa shape index (κ2) is 6.72. The van der Waals surface area contributed by atoms with Crippen molar-refractivity contribution in [3.8, 4) is 5.75 Å². The van der Waals surface area contributed by atoms with Crippen LogP contribution in [0.3, 0.4) is 0 Å². The molecule has 0 unspecified atom stereocenters.